The molecule has 148 valence electrons. The molecule has 9 heteroatoms. The topological polar surface area (TPSA) is 92.7 Å². The van der Waals surface area contributed by atoms with Gasteiger partial charge in [0.15, 0.2) is 6.10 Å². The molecular weight excluding hydrogens is 380 g/mol. The van der Waals surface area contributed by atoms with Crippen LogP contribution in [0.25, 0.3) is 0 Å². The summed E-state index contributed by atoms with van der Waals surface area (Å²) in [5.74, 6) is -0.163. The summed E-state index contributed by atoms with van der Waals surface area (Å²) in [4.78, 5) is 37.6. The molecule has 1 aromatic heterocycles. The lowest BCUT2D eigenvalue weighted by Gasteiger charge is -2.35. The van der Waals surface area contributed by atoms with Crippen LogP contribution in [0.1, 0.15) is 17.3 Å². The van der Waals surface area contributed by atoms with Gasteiger partial charge in [-0.2, -0.15) is 0 Å². The van der Waals surface area contributed by atoms with Crippen molar-refractivity contribution >= 4 is 28.6 Å². The number of hydrogen-bond donors (Lipinski definition) is 0. The van der Waals surface area contributed by atoms with Crippen LogP contribution in [0.15, 0.2) is 47.6 Å². The van der Waals surface area contributed by atoms with Crippen LogP contribution in [0, 0.1) is 0 Å². The largest absolute Gasteiger partial charge is 0.449 e. The first-order valence-corrected chi connectivity index (χ1v) is 10.5. The van der Waals surface area contributed by atoms with Gasteiger partial charge in [0, 0.05) is 60.5 Å². The summed E-state index contributed by atoms with van der Waals surface area (Å²) < 4.78 is 16.7. The van der Waals surface area contributed by atoms with E-state index in [2.05, 4.69) is 9.97 Å². The molecule has 0 saturated carbocycles. The van der Waals surface area contributed by atoms with Crippen molar-refractivity contribution in [1.29, 1.82) is 0 Å². The average Bonchev–Trinajstić information content (AvgIpc) is 2.74. The number of amides is 1. The van der Waals surface area contributed by atoms with Crippen molar-refractivity contribution in [2.24, 2.45) is 0 Å². The zero-order valence-electron chi connectivity index (χ0n) is 15.8. The summed E-state index contributed by atoms with van der Waals surface area (Å²) in [5.41, 5.74) is 0.319. The summed E-state index contributed by atoms with van der Waals surface area (Å²) in [6.45, 7) is 3.83. The summed E-state index contributed by atoms with van der Waals surface area (Å²) >= 11 is 0. The number of nitrogens with zero attached hydrogens (tertiary/aromatic N) is 4. The number of rotatable bonds is 5. The summed E-state index contributed by atoms with van der Waals surface area (Å²) in [7, 11) is -1.11. The Morgan fingerprint density at radius 3 is 2.25 bits per heavy atom. The Morgan fingerprint density at radius 1 is 1.07 bits per heavy atom. The molecule has 2 atom stereocenters. The molecule has 0 N–H and O–H groups in total. The standard InChI is InChI=1S/C19H22N4O4S/c1-14(27-18(25)15-4-6-16(7-5-15)28(2)26)17(24)22-10-12-23(13-11-22)19-20-8-3-9-21-19/h3-9,14H,10-13H2,1-2H3. The molecule has 2 unspecified atom stereocenters. The highest BCUT2D eigenvalue weighted by Gasteiger charge is 2.28. The molecule has 1 aliphatic heterocycles. The second-order valence-corrected chi connectivity index (χ2v) is 7.77. The van der Waals surface area contributed by atoms with Gasteiger partial charge in [0.2, 0.25) is 5.95 Å². The van der Waals surface area contributed by atoms with Crippen LogP contribution >= 0.6 is 0 Å². The lowest BCUT2D eigenvalue weighted by molar-refractivity contribution is -0.140. The highest BCUT2D eigenvalue weighted by Crippen LogP contribution is 2.13. The fraction of sp³-hybridized carbons (Fsp3) is 0.368. The number of benzene rings is 1. The van der Waals surface area contributed by atoms with Gasteiger partial charge in [0.1, 0.15) is 0 Å². The van der Waals surface area contributed by atoms with E-state index in [1.54, 1.807) is 60.8 Å². The van der Waals surface area contributed by atoms with Gasteiger partial charge >= 0.3 is 5.97 Å². The number of anilines is 1. The molecule has 1 aliphatic rings. The van der Waals surface area contributed by atoms with Crippen LogP contribution < -0.4 is 4.90 Å². The molecule has 2 aromatic rings. The minimum atomic E-state index is -1.11. The third-order valence-electron chi connectivity index (χ3n) is 4.48. The SMILES string of the molecule is CC(OC(=O)c1ccc(S(C)=O)cc1)C(=O)N1CCN(c2ncccn2)CC1. The van der Waals surface area contributed by atoms with Crippen LogP contribution in [0.5, 0.6) is 0 Å². The van der Waals surface area contributed by atoms with Gasteiger partial charge < -0.3 is 14.5 Å². The Labute approximate surface area is 166 Å². The van der Waals surface area contributed by atoms with E-state index in [0.29, 0.717) is 42.6 Å². The highest BCUT2D eigenvalue weighted by atomic mass is 32.2. The monoisotopic (exact) mass is 402 g/mol. The molecule has 1 amide bonds. The van der Waals surface area contributed by atoms with Gasteiger partial charge in [-0.25, -0.2) is 14.8 Å². The van der Waals surface area contributed by atoms with E-state index in [0.717, 1.165) is 0 Å². The smallest absolute Gasteiger partial charge is 0.338 e. The molecule has 1 saturated heterocycles. The molecule has 28 heavy (non-hydrogen) atoms. The molecule has 0 aliphatic carbocycles. The van der Waals surface area contributed by atoms with E-state index in [4.69, 9.17) is 4.74 Å². The maximum absolute atomic E-state index is 12.6. The molecule has 0 radical (unpaired) electrons. The second kappa shape index (κ2) is 8.92. The number of carbonyl (C=O) groups is 2. The molecule has 2 heterocycles. The van der Waals surface area contributed by atoms with Crippen molar-refractivity contribution in [2.75, 3.05) is 37.3 Å². The molecule has 0 bridgehead atoms. The van der Waals surface area contributed by atoms with Crippen LogP contribution in [0.4, 0.5) is 5.95 Å². The predicted octanol–water partition coefficient (Wildman–Crippen LogP) is 1.11. The third-order valence-corrected chi connectivity index (χ3v) is 5.42. The zero-order chi connectivity index (χ0) is 20.1. The Bertz CT molecular complexity index is 852. The summed E-state index contributed by atoms with van der Waals surface area (Å²) in [6, 6.07) is 8.09. The number of hydrogen-bond acceptors (Lipinski definition) is 7. The van der Waals surface area contributed by atoms with E-state index in [-0.39, 0.29) is 5.91 Å². The minimum Gasteiger partial charge on any atom is -0.449 e. The Hall–Kier alpha value is -2.81. The average molecular weight is 402 g/mol. The van der Waals surface area contributed by atoms with E-state index in [9.17, 15) is 13.8 Å². The number of ether oxygens (including phenoxy) is 1. The maximum atomic E-state index is 12.6. The van der Waals surface area contributed by atoms with Crippen LogP contribution in [0.3, 0.4) is 0 Å². The van der Waals surface area contributed by atoms with Crippen molar-refractivity contribution in [3.05, 3.63) is 48.3 Å². The van der Waals surface area contributed by atoms with Crippen molar-refractivity contribution in [2.45, 2.75) is 17.9 Å². The minimum absolute atomic E-state index is 0.228. The molecule has 1 aromatic carbocycles. The summed E-state index contributed by atoms with van der Waals surface area (Å²) in [5, 5.41) is 0. The Kier molecular flexibility index (Phi) is 6.35. The number of esters is 1. The van der Waals surface area contributed by atoms with Gasteiger partial charge in [-0.05, 0) is 37.3 Å². The van der Waals surface area contributed by atoms with Gasteiger partial charge in [0.25, 0.3) is 5.91 Å². The number of aromatic nitrogens is 2. The lowest BCUT2D eigenvalue weighted by Crippen LogP contribution is -2.52. The van der Waals surface area contributed by atoms with Crippen LogP contribution in [0.2, 0.25) is 0 Å². The first-order chi connectivity index (χ1) is 13.5. The van der Waals surface area contributed by atoms with E-state index < -0.39 is 22.9 Å². The fourth-order valence-corrected chi connectivity index (χ4v) is 3.42. The number of piperazine rings is 1. The van der Waals surface area contributed by atoms with E-state index >= 15 is 0 Å². The van der Waals surface area contributed by atoms with Gasteiger partial charge in [0.05, 0.1) is 5.56 Å². The quantitative estimate of drug-likeness (QED) is 0.692. The zero-order valence-corrected chi connectivity index (χ0v) is 16.6. The first-order valence-electron chi connectivity index (χ1n) is 8.91. The van der Waals surface area contributed by atoms with Crippen LogP contribution in [-0.4, -0.2) is 69.5 Å². The lowest BCUT2D eigenvalue weighted by atomic mass is 10.2. The van der Waals surface area contributed by atoms with Crippen molar-refractivity contribution < 1.29 is 18.5 Å². The normalized spacial score (nSPS) is 16.4. The fourth-order valence-electron chi connectivity index (χ4n) is 2.90. The molecule has 3 rings (SSSR count). The van der Waals surface area contributed by atoms with Gasteiger partial charge in [-0.1, -0.05) is 0 Å². The molecule has 1 fully saturated rings. The Morgan fingerprint density at radius 2 is 1.68 bits per heavy atom. The van der Waals surface area contributed by atoms with Crippen molar-refractivity contribution in [3.63, 3.8) is 0 Å². The predicted molar refractivity (Wildman–Crippen MR) is 104 cm³/mol. The molecule has 0 spiro atoms. The highest BCUT2D eigenvalue weighted by molar-refractivity contribution is 7.84. The van der Waals surface area contributed by atoms with Gasteiger partial charge in [-0.15, -0.1) is 0 Å². The second-order valence-electron chi connectivity index (χ2n) is 6.39. The third kappa shape index (κ3) is 4.72. The maximum Gasteiger partial charge on any atom is 0.338 e. The first kappa shape index (κ1) is 19.9. The van der Waals surface area contributed by atoms with Gasteiger partial charge in [-0.3, -0.25) is 9.00 Å². The van der Waals surface area contributed by atoms with Crippen molar-refractivity contribution in [3.8, 4) is 0 Å². The Balaban J connectivity index is 1.53. The summed E-state index contributed by atoms with van der Waals surface area (Å²) in [6.07, 6.45) is 4.06. The van der Waals surface area contributed by atoms with Crippen molar-refractivity contribution in [1.82, 2.24) is 14.9 Å². The molecule has 8 nitrogen and oxygen atoms in total. The molecular formula is C19H22N4O4S. The van der Waals surface area contributed by atoms with E-state index in [1.165, 1.54) is 0 Å². The van der Waals surface area contributed by atoms with E-state index in [1.807, 2.05) is 4.90 Å². The van der Waals surface area contributed by atoms with Crippen LogP contribution in [-0.2, 0) is 20.3 Å². The number of carbonyl (C=O) groups excluding carboxylic acids is 2.